The van der Waals surface area contributed by atoms with Gasteiger partial charge < -0.3 is 15.4 Å². The predicted molar refractivity (Wildman–Crippen MR) is 122 cm³/mol. The molecule has 0 bridgehead atoms. The van der Waals surface area contributed by atoms with E-state index in [1.807, 2.05) is 18.2 Å². The average molecular weight is 443 g/mol. The van der Waals surface area contributed by atoms with Crippen molar-refractivity contribution in [3.63, 3.8) is 0 Å². The molecule has 31 heavy (non-hydrogen) atoms. The van der Waals surface area contributed by atoms with E-state index in [-0.39, 0.29) is 12.4 Å². The summed E-state index contributed by atoms with van der Waals surface area (Å²) in [6.07, 6.45) is 4.08. The number of allylic oxidation sites excluding steroid dienone is 1. The van der Waals surface area contributed by atoms with E-state index < -0.39 is 0 Å². The molecule has 8 nitrogen and oxygen atoms in total. The number of anilines is 1. The van der Waals surface area contributed by atoms with E-state index in [9.17, 15) is 4.79 Å². The number of aromatic nitrogens is 2. The number of nitrogen functional groups attached to an aromatic ring is 1. The second kappa shape index (κ2) is 14.0. The van der Waals surface area contributed by atoms with Crippen LogP contribution in [-0.4, -0.2) is 66.1 Å². The van der Waals surface area contributed by atoms with Gasteiger partial charge in [-0.2, -0.15) is 5.26 Å². The summed E-state index contributed by atoms with van der Waals surface area (Å²) >= 11 is 6.34. The van der Waals surface area contributed by atoms with Crippen LogP contribution in [0.1, 0.15) is 18.0 Å². The highest BCUT2D eigenvalue weighted by Gasteiger charge is 2.24. The van der Waals surface area contributed by atoms with Gasteiger partial charge in [-0.1, -0.05) is 18.2 Å². The number of nitrogens with zero attached hydrogens (tertiary/aromatic N) is 5. The molecule has 0 aliphatic carbocycles. The maximum Gasteiger partial charge on any atom is 0.220 e. The fourth-order valence-corrected chi connectivity index (χ4v) is 3.14. The third kappa shape index (κ3) is 9.05. The molecule has 0 radical (unpaired) electrons. The van der Waals surface area contributed by atoms with Crippen molar-refractivity contribution in [1.82, 2.24) is 19.8 Å². The number of hydrogen-bond acceptors (Lipinski definition) is 8. The highest BCUT2D eigenvalue weighted by atomic mass is 35.5. The van der Waals surface area contributed by atoms with Crippen LogP contribution in [0.5, 0.6) is 0 Å². The molecule has 1 atom stereocenters. The number of hydrogen-bond donors (Lipinski definition) is 1. The van der Waals surface area contributed by atoms with Crippen LogP contribution in [0.25, 0.3) is 11.3 Å². The van der Waals surface area contributed by atoms with Gasteiger partial charge in [0.2, 0.25) is 5.95 Å². The number of halogens is 1. The average Bonchev–Trinajstić information content (AvgIpc) is 2.76. The third-order valence-electron chi connectivity index (χ3n) is 4.40. The molecule has 2 N–H and O–H groups in total. The van der Waals surface area contributed by atoms with Crippen molar-refractivity contribution in [2.24, 2.45) is 0 Å². The molecule has 9 heteroatoms. The predicted octanol–water partition coefficient (Wildman–Crippen LogP) is 2.77. The van der Waals surface area contributed by atoms with Crippen molar-refractivity contribution in [3.8, 4) is 17.3 Å². The molecule has 1 aromatic heterocycles. The van der Waals surface area contributed by atoms with E-state index in [1.54, 1.807) is 12.3 Å². The fraction of sp³-hybridized carbons (Fsp3) is 0.318. The van der Waals surface area contributed by atoms with Crippen molar-refractivity contribution >= 4 is 30.1 Å². The minimum absolute atomic E-state index is 0.0139. The minimum atomic E-state index is 0.0139. The normalized spacial score (nSPS) is 15.9. The number of likely N-dealkylation sites (N-methyl/N-ethyl adjacent to an activating group) is 2. The molecule has 3 rings (SSSR count). The summed E-state index contributed by atoms with van der Waals surface area (Å²) in [5.41, 5.74) is 8.65. The van der Waals surface area contributed by atoms with Crippen molar-refractivity contribution in [2.75, 3.05) is 39.5 Å². The summed E-state index contributed by atoms with van der Waals surface area (Å²) in [6.45, 7) is 6.23. The zero-order valence-corrected chi connectivity index (χ0v) is 18.5. The SMILES string of the molecule is C=CC=O.CN1CCN(C)[C@H](c2cc(Cl)cc(-c3ccnc(N)n3)c2)C1.N#CCC=O. The lowest BCUT2D eigenvalue weighted by Gasteiger charge is -2.38. The number of benzene rings is 1. The first kappa shape index (κ1) is 25.9. The number of rotatable bonds is 4. The number of piperazine rings is 1. The molecule has 0 spiro atoms. The Morgan fingerprint density at radius 1 is 1.32 bits per heavy atom. The second-order valence-corrected chi connectivity index (χ2v) is 7.17. The zero-order chi connectivity index (χ0) is 23.2. The van der Waals surface area contributed by atoms with E-state index >= 15 is 0 Å². The number of nitriles is 1. The van der Waals surface area contributed by atoms with Crippen molar-refractivity contribution in [2.45, 2.75) is 12.5 Å². The molecule has 1 aliphatic heterocycles. The van der Waals surface area contributed by atoms with Gasteiger partial charge in [0.15, 0.2) is 0 Å². The van der Waals surface area contributed by atoms with E-state index in [2.05, 4.69) is 46.5 Å². The Morgan fingerprint density at radius 2 is 2.03 bits per heavy atom. The van der Waals surface area contributed by atoms with Gasteiger partial charge in [0.25, 0.3) is 0 Å². The molecular weight excluding hydrogens is 416 g/mol. The maximum atomic E-state index is 9.18. The standard InChI is InChI=1S/C16H20ClN5.C3H3NO.C3H4O/c1-21-5-6-22(2)15(10-21)12-7-11(8-13(17)9-12)14-3-4-19-16(18)20-14;4-2-1-3-5;1-2-3-4/h3-4,7-9,15H,5-6,10H2,1-2H3,(H2,18,19,20);3H,1H2;2-3H,1H2/t15-;;/m0../s1. The Bertz CT molecular complexity index is 909. The fourth-order valence-electron chi connectivity index (χ4n) is 2.89. The molecule has 1 fully saturated rings. The molecule has 1 saturated heterocycles. The summed E-state index contributed by atoms with van der Waals surface area (Å²) in [5, 5.41) is 8.30. The number of aldehydes is 2. The first-order valence-corrected chi connectivity index (χ1v) is 9.89. The zero-order valence-electron chi connectivity index (χ0n) is 17.7. The first-order chi connectivity index (χ1) is 14.9. The van der Waals surface area contributed by atoms with Crippen LogP contribution in [0, 0.1) is 11.3 Å². The lowest BCUT2D eigenvalue weighted by Crippen LogP contribution is -2.44. The van der Waals surface area contributed by atoms with Crippen LogP contribution < -0.4 is 5.73 Å². The van der Waals surface area contributed by atoms with Crippen LogP contribution in [0.15, 0.2) is 43.1 Å². The summed E-state index contributed by atoms with van der Waals surface area (Å²) in [4.78, 5) is 31.2. The summed E-state index contributed by atoms with van der Waals surface area (Å²) in [7, 11) is 4.30. The van der Waals surface area contributed by atoms with Gasteiger partial charge in [-0.25, -0.2) is 9.97 Å². The molecule has 0 unspecified atom stereocenters. The van der Waals surface area contributed by atoms with Crippen LogP contribution in [0.2, 0.25) is 5.02 Å². The second-order valence-electron chi connectivity index (χ2n) is 6.73. The van der Waals surface area contributed by atoms with Gasteiger partial charge in [-0.3, -0.25) is 9.69 Å². The van der Waals surface area contributed by atoms with Gasteiger partial charge in [0.1, 0.15) is 12.6 Å². The third-order valence-corrected chi connectivity index (χ3v) is 4.62. The minimum Gasteiger partial charge on any atom is -0.368 e. The number of nitrogens with two attached hydrogens (primary N) is 1. The lowest BCUT2D eigenvalue weighted by atomic mass is 9.99. The first-order valence-electron chi connectivity index (χ1n) is 9.51. The Morgan fingerprint density at radius 3 is 2.58 bits per heavy atom. The highest BCUT2D eigenvalue weighted by Crippen LogP contribution is 2.30. The van der Waals surface area contributed by atoms with Gasteiger partial charge >= 0.3 is 0 Å². The molecule has 1 aromatic carbocycles. The summed E-state index contributed by atoms with van der Waals surface area (Å²) in [5.74, 6) is 0.272. The smallest absolute Gasteiger partial charge is 0.220 e. The molecule has 2 heterocycles. The molecular formula is C22H27ClN6O2. The Balaban J connectivity index is 0.000000454. The molecule has 1 aliphatic rings. The van der Waals surface area contributed by atoms with Gasteiger partial charge in [0, 0.05) is 42.5 Å². The monoisotopic (exact) mass is 442 g/mol. The van der Waals surface area contributed by atoms with E-state index in [1.165, 1.54) is 11.6 Å². The van der Waals surface area contributed by atoms with E-state index in [0.29, 0.717) is 23.6 Å². The van der Waals surface area contributed by atoms with Gasteiger partial charge in [-0.15, -0.1) is 0 Å². The number of carbonyl (C=O) groups excluding carboxylic acids is 2. The van der Waals surface area contributed by atoms with Gasteiger partial charge in [-0.05, 0) is 50.0 Å². The van der Waals surface area contributed by atoms with E-state index in [4.69, 9.17) is 27.4 Å². The summed E-state index contributed by atoms with van der Waals surface area (Å²) < 4.78 is 0. The van der Waals surface area contributed by atoms with Crippen LogP contribution in [0.3, 0.4) is 0 Å². The molecule has 164 valence electrons. The van der Waals surface area contributed by atoms with Crippen molar-refractivity contribution in [1.29, 1.82) is 5.26 Å². The largest absolute Gasteiger partial charge is 0.368 e. The summed E-state index contributed by atoms with van der Waals surface area (Å²) in [6, 6.07) is 9.93. The topological polar surface area (TPSA) is 116 Å². The molecule has 0 saturated carbocycles. The van der Waals surface area contributed by atoms with Crippen LogP contribution in [0.4, 0.5) is 5.95 Å². The Labute approximate surface area is 188 Å². The lowest BCUT2D eigenvalue weighted by molar-refractivity contribution is -0.107. The van der Waals surface area contributed by atoms with Crippen molar-refractivity contribution < 1.29 is 9.59 Å². The van der Waals surface area contributed by atoms with Crippen LogP contribution in [-0.2, 0) is 9.59 Å². The molecule has 0 amide bonds. The maximum absolute atomic E-state index is 9.18. The Kier molecular flexibility index (Phi) is 11.7. The van der Waals surface area contributed by atoms with E-state index in [0.717, 1.165) is 30.9 Å². The quantitative estimate of drug-likeness (QED) is 0.567. The number of carbonyl (C=O) groups is 2. The van der Waals surface area contributed by atoms with Gasteiger partial charge in [0.05, 0.1) is 18.2 Å². The highest BCUT2D eigenvalue weighted by molar-refractivity contribution is 6.31. The van der Waals surface area contributed by atoms with Crippen LogP contribution >= 0.6 is 11.6 Å². The van der Waals surface area contributed by atoms with Crippen molar-refractivity contribution in [3.05, 3.63) is 53.7 Å². The Hall–Kier alpha value is -3.12. The molecule has 2 aromatic rings.